The fourth-order valence-electron chi connectivity index (χ4n) is 1.62. The van der Waals surface area contributed by atoms with E-state index in [0.29, 0.717) is 12.0 Å². The normalized spacial score (nSPS) is 10.1. The van der Waals surface area contributed by atoms with Crippen molar-refractivity contribution < 1.29 is 4.74 Å². The summed E-state index contributed by atoms with van der Waals surface area (Å²) in [6.07, 6.45) is 5.06. The number of nitrogens with zero attached hydrogens (tertiary/aromatic N) is 5. The van der Waals surface area contributed by atoms with E-state index >= 15 is 0 Å². The molecule has 0 amide bonds. The molecular weight excluding hydrogens is 264 g/mol. The van der Waals surface area contributed by atoms with E-state index in [2.05, 4.69) is 25.7 Å². The van der Waals surface area contributed by atoms with Gasteiger partial charge in [0, 0.05) is 37.6 Å². The molecular formula is C11H12N6O3. The first-order chi connectivity index (χ1) is 9.63. The third-order valence-electron chi connectivity index (χ3n) is 2.57. The highest BCUT2D eigenvalue weighted by molar-refractivity contribution is 5.28. The van der Waals surface area contributed by atoms with Crippen LogP contribution in [0.25, 0.3) is 0 Å². The quantitative estimate of drug-likeness (QED) is 0.616. The Morgan fingerprint density at radius 2 is 2.10 bits per heavy atom. The summed E-state index contributed by atoms with van der Waals surface area (Å²) in [6, 6.07) is 0.261. The monoisotopic (exact) mass is 276 g/mol. The number of ether oxygens (including phenoxy) is 1. The van der Waals surface area contributed by atoms with Crippen LogP contribution in [0.2, 0.25) is 0 Å². The number of aromatic nitrogens is 4. The lowest BCUT2D eigenvalue weighted by Gasteiger charge is -2.07. The number of anilines is 1. The summed E-state index contributed by atoms with van der Waals surface area (Å²) in [4.78, 5) is 33.6. The van der Waals surface area contributed by atoms with Crippen LogP contribution in [-0.4, -0.2) is 26.6 Å². The SMILES string of the molecule is COc1ncc(Cc2cn(C)c(NN=O)nc2=O)cn1. The van der Waals surface area contributed by atoms with Crippen molar-refractivity contribution in [1.82, 2.24) is 19.5 Å². The summed E-state index contributed by atoms with van der Waals surface area (Å²) in [5, 5.41) is 2.48. The lowest BCUT2D eigenvalue weighted by Crippen LogP contribution is -2.19. The lowest BCUT2D eigenvalue weighted by atomic mass is 10.1. The minimum Gasteiger partial charge on any atom is -0.467 e. The zero-order valence-corrected chi connectivity index (χ0v) is 10.9. The number of nitroso groups, excluding NO2 is 1. The third kappa shape index (κ3) is 2.94. The van der Waals surface area contributed by atoms with E-state index in [4.69, 9.17) is 4.74 Å². The maximum atomic E-state index is 11.8. The maximum absolute atomic E-state index is 11.8. The molecule has 0 saturated heterocycles. The molecule has 0 unspecified atom stereocenters. The van der Waals surface area contributed by atoms with Crippen molar-refractivity contribution >= 4 is 5.95 Å². The second-order valence-electron chi connectivity index (χ2n) is 3.96. The average molecular weight is 276 g/mol. The van der Waals surface area contributed by atoms with Gasteiger partial charge in [0.2, 0.25) is 5.95 Å². The number of hydrogen-bond acceptors (Lipinski definition) is 7. The number of hydrogen-bond donors (Lipinski definition) is 1. The Labute approximate surface area is 113 Å². The first-order valence-corrected chi connectivity index (χ1v) is 5.64. The van der Waals surface area contributed by atoms with E-state index in [9.17, 15) is 9.70 Å². The van der Waals surface area contributed by atoms with Crippen LogP contribution in [-0.2, 0) is 13.5 Å². The zero-order valence-electron chi connectivity index (χ0n) is 10.9. The number of aryl methyl sites for hydroxylation is 1. The first-order valence-electron chi connectivity index (χ1n) is 5.64. The molecule has 104 valence electrons. The molecule has 0 aromatic carbocycles. The third-order valence-corrected chi connectivity index (χ3v) is 2.57. The van der Waals surface area contributed by atoms with E-state index < -0.39 is 5.56 Å². The highest BCUT2D eigenvalue weighted by Crippen LogP contribution is 2.08. The van der Waals surface area contributed by atoms with E-state index in [0.717, 1.165) is 5.56 Å². The predicted octanol–water partition coefficient (Wildman–Crippen LogP) is 0.263. The van der Waals surface area contributed by atoms with Gasteiger partial charge >= 0.3 is 6.01 Å². The number of rotatable bonds is 5. The minimum atomic E-state index is -0.440. The molecule has 2 rings (SSSR count). The molecule has 0 radical (unpaired) electrons. The van der Waals surface area contributed by atoms with Crippen molar-refractivity contribution in [1.29, 1.82) is 0 Å². The Hall–Kier alpha value is -2.84. The number of methoxy groups -OCH3 is 1. The van der Waals surface area contributed by atoms with Crippen molar-refractivity contribution in [2.24, 2.45) is 12.3 Å². The maximum Gasteiger partial charge on any atom is 0.316 e. The summed E-state index contributed by atoms with van der Waals surface area (Å²) in [6.45, 7) is 0. The minimum absolute atomic E-state index is 0.0831. The van der Waals surface area contributed by atoms with E-state index in [1.165, 1.54) is 11.7 Å². The van der Waals surface area contributed by atoms with Crippen molar-refractivity contribution in [2.45, 2.75) is 6.42 Å². The fraction of sp³-hybridized carbons (Fsp3) is 0.273. The van der Waals surface area contributed by atoms with Gasteiger partial charge < -0.3 is 9.30 Å². The molecule has 0 aliphatic rings. The van der Waals surface area contributed by atoms with Gasteiger partial charge in [-0.05, 0) is 5.56 Å². The zero-order chi connectivity index (χ0) is 14.5. The molecule has 2 aromatic heterocycles. The van der Waals surface area contributed by atoms with Crippen molar-refractivity contribution in [2.75, 3.05) is 12.5 Å². The van der Waals surface area contributed by atoms with Gasteiger partial charge in [-0.1, -0.05) is 0 Å². The molecule has 0 aliphatic carbocycles. The molecule has 2 aromatic rings. The van der Waals surface area contributed by atoms with Crippen LogP contribution in [0, 0.1) is 4.91 Å². The average Bonchev–Trinajstić information content (AvgIpc) is 2.45. The summed E-state index contributed by atoms with van der Waals surface area (Å²) < 4.78 is 6.36. The van der Waals surface area contributed by atoms with Crippen LogP contribution in [0.1, 0.15) is 11.1 Å². The van der Waals surface area contributed by atoms with Crippen LogP contribution in [0.4, 0.5) is 5.95 Å². The Morgan fingerprint density at radius 3 is 2.70 bits per heavy atom. The van der Waals surface area contributed by atoms with Crippen LogP contribution in [0.15, 0.2) is 28.7 Å². The molecule has 0 aliphatic heterocycles. The summed E-state index contributed by atoms with van der Waals surface area (Å²) in [5.74, 6) is 0.0831. The highest BCUT2D eigenvalue weighted by Gasteiger charge is 2.08. The van der Waals surface area contributed by atoms with Gasteiger partial charge in [0.25, 0.3) is 5.56 Å². The van der Waals surface area contributed by atoms with E-state index in [-0.39, 0.29) is 12.0 Å². The van der Waals surface area contributed by atoms with Gasteiger partial charge in [-0.15, -0.1) is 4.91 Å². The summed E-state index contributed by atoms with van der Waals surface area (Å²) in [7, 11) is 3.12. The van der Waals surface area contributed by atoms with Gasteiger partial charge in [0.1, 0.15) is 0 Å². The van der Waals surface area contributed by atoms with Crippen LogP contribution in [0.5, 0.6) is 6.01 Å². The molecule has 0 bridgehead atoms. The molecule has 9 nitrogen and oxygen atoms in total. The second kappa shape index (κ2) is 5.87. The van der Waals surface area contributed by atoms with Gasteiger partial charge in [-0.3, -0.25) is 4.79 Å². The Bertz CT molecular complexity index is 667. The van der Waals surface area contributed by atoms with Crippen LogP contribution >= 0.6 is 0 Å². The summed E-state index contributed by atoms with van der Waals surface area (Å²) in [5.41, 5.74) is 2.87. The molecule has 20 heavy (non-hydrogen) atoms. The highest BCUT2D eigenvalue weighted by atomic mass is 16.5. The number of nitrogens with one attached hydrogen (secondary N) is 1. The van der Waals surface area contributed by atoms with Crippen molar-refractivity contribution in [3.8, 4) is 6.01 Å². The van der Waals surface area contributed by atoms with Gasteiger partial charge in [-0.2, -0.15) is 4.98 Å². The van der Waals surface area contributed by atoms with Gasteiger partial charge in [0.05, 0.1) is 12.4 Å². The van der Waals surface area contributed by atoms with Crippen molar-refractivity contribution in [3.63, 3.8) is 0 Å². The Balaban J connectivity index is 2.26. The van der Waals surface area contributed by atoms with Crippen LogP contribution < -0.4 is 15.7 Å². The molecule has 0 saturated carbocycles. The van der Waals surface area contributed by atoms with Gasteiger partial charge in [0.15, 0.2) is 0 Å². The molecule has 0 fully saturated rings. The van der Waals surface area contributed by atoms with E-state index in [1.54, 1.807) is 25.6 Å². The topological polar surface area (TPSA) is 111 Å². The van der Waals surface area contributed by atoms with Crippen LogP contribution in [0.3, 0.4) is 0 Å². The largest absolute Gasteiger partial charge is 0.467 e. The molecule has 0 spiro atoms. The van der Waals surface area contributed by atoms with Gasteiger partial charge in [-0.25, -0.2) is 15.4 Å². The second-order valence-corrected chi connectivity index (χ2v) is 3.96. The molecule has 1 N–H and O–H groups in total. The smallest absolute Gasteiger partial charge is 0.316 e. The standard InChI is InChI=1S/C11H12N6O3/c1-17-6-8(9(18)14-10(17)15-16-19)3-7-4-12-11(20-2)13-5-7/h4-6H,3H2,1-2H3,(H,14,15,18,19). The van der Waals surface area contributed by atoms with E-state index in [1.807, 2.05) is 0 Å². The fourth-order valence-corrected chi connectivity index (χ4v) is 1.62. The van der Waals surface area contributed by atoms with Crippen molar-refractivity contribution in [3.05, 3.63) is 45.0 Å². The Morgan fingerprint density at radius 1 is 1.40 bits per heavy atom. The Kier molecular flexibility index (Phi) is 3.99. The summed E-state index contributed by atoms with van der Waals surface area (Å²) >= 11 is 0. The molecule has 0 atom stereocenters. The first kappa shape index (κ1) is 13.6. The molecule has 2 heterocycles. The lowest BCUT2D eigenvalue weighted by molar-refractivity contribution is 0.379. The molecule has 9 heteroatoms. The predicted molar refractivity (Wildman–Crippen MR) is 70.3 cm³/mol.